The first kappa shape index (κ1) is 23.3. The van der Waals surface area contributed by atoms with Crippen molar-refractivity contribution < 1.29 is 13.1 Å². The summed E-state index contributed by atoms with van der Waals surface area (Å²) in [6.45, 7) is 8.31. The molecule has 29 heavy (non-hydrogen) atoms. The molecule has 0 saturated carbocycles. The molecule has 0 aliphatic rings. The number of nitrogens with zero attached hydrogens (tertiary/aromatic N) is 3. The first-order chi connectivity index (χ1) is 13.9. The van der Waals surface area contributed by atoms with E-state index in [9.17, 15) is 0 Å². The molecule has 3 aromatic rings. The number of hydrogen-bond acceptors (Lipinski definition) is 3. The van der Waals surface area contributed by atoms with E-state index in [4.69, 9.17) is 20.2 Å². The fourth-order valence-corrected chi connectivity index (χ4v) is 2.94. The van der Waals surface area contributed by atoms with Gasteiger partial charge in [0.15, 0.2) is 0 Å². The van der Waals surface area contributed by atoms with Crippen LogP contribution in [0.25, 0.3) is 0 Å². The number of pyridine rings is 1. The molecule has 0 saturated heterocycles. The van der Waals surface area contributed by atoms with E-state index in [2.05, 4.69) is 79.1 Å². The quantitative estimate of drug-likeness (QED) is 0.295. The third-order valence-corrected chi connectivity index (χ3v) is 3.90. The summed E-state index contributed by atoms with van der Waals surface area (Å²) >= 11 is 0.194. The van der Waals surface area contributed by atoms with Gasteiger partial charge in [-0.3, -0.25) is 9.98 Å². The van der Waals surface area contributed by atoms with Crippen LogP contribution in [0.2, 0.25) is 0 Å². The average Bonchev–Trinajstić information content (AvgIpc) is 2.64. The zero-order valence-corrected chi connectivity index (χ0v) is 19.4. The van der Waals surface area contributed by atoms with Gasteiger partial charge in [0.2, 0.25) is 0 Å². The van der Waals surface area contributed by atoms with Gasteiger partial charge in [0, 0.05) is 0 Å². The molecule has 0 radical (unpaired) electrons. The molecule has 0 atom stereocenters. The molecule has 3 nitrogen and oxygen atoms in total. The summed E-state index contributed by atoms with van der Waals surface area (Å²) < 4.78 is 0. The Balaban J connectivity index is 0.000000941. The fraction of sp³-hybridized carbons (Fsp3) is 0.174. The second-order valence-electron chi connectivity index (χ2n) is 6.75. The van der Waals surface area contributed by atoms with Crippen molar-refractivity contribution in [3.63, 3.8) is 0 Å². The Morgan fingerprint density at radius 3 is 1.38 bits per heavy atom. The summed E-state index contributed by atoms with van der Waals surface area (Å²) in [5.41, 5.74) is 8.34. The van der Waals surface area contributed by atoms with E-state index in [0.29, 0.717) is 0 Å². The topological polar surface area (TPSA) is 37.6 Å². The van der Waals surface area contributed by atoms with Crippen molar-refractivity contribution in [2.45, 2.75) is 27.7 Å². The van der Waals surface area contributed by atoms with Crippen LogP contribution in [0.15, 0.2) is 64.6 Å². The predicted molar refractivity (Wildman–Crippen MR) is 122 cm³/mol. The molecule has 6 heteroatoms. The molecule has 1 aromatic heterocycles. The van der Waals surface area contributed by atoms with Crippen LogP contribution in [-0.4, -0.2) is 17.4 Å². The Kier molecular flexibility index (Phi) is 9.56. The van der Waals surface area contributed by atoms with Crippen LogP contribution in [0.4, 0.5) is 11.4 Å². The minimum absolute atomic E-state index is 0.194. The summed E-state index contributed by atoms with van der Waals surface area (Å²) in [6.07, 6.45) is 3.59. The predicted octanol–water partition coefficient (Wildman–Crippen LogP) is 7.19. The number of halogens is 2. The molecule has 2 aromatic carbocycles. The Morgan fingerprint density at radius 1 is 0.690 bits per heavy atom. The maximum atomic E-state index is 4.76. The van der Waals surface area contributed by atoms with Gasteiger partial charge in [-0.15, -0.1) is 0 Å². The Hall–Kier alpha value is -1.97. The molecular weight excluding hydrogens is 445 g/mol. The third-order valence-electron chi connectivity index (χ3n) is 3.90. The third kappa shape index (κ3) is 8.51. The number of aliphatic imine (C=N–C) groups is 2. The van der Waals surface area contributed by atoms with Crippen LogP contribution in [0.3, 0.4) is 0 Å². The second-order valence-corrected chi connectivity index (χ2v) is 8.57. The fourth-order valence-electron chi connectivity index (χ4n) is 2.94. The van der Waals surface area contributed by atoms with Crippen molar-refractivity contribution in [2.24, 2.45) is 9.98 Å². The molecular formula is C23H23Cl2FeN3. The van der Waals surface area contributed by atoms with E-state index in [1.54, 1.807) is 12.4 Å². The average molecular weight is 468 g/mol. The maximum absolute atomic E-state index is 4.76. The van der Waals surface area contributed by atoms with Crippen molar-refractivity contribution in [1.29, 1.82) is 0 Å². The van der Waals surface area contributed by atoms with Gasteiger partial charge < -0.3 is 0 Å². The minimum atomic E-state index is 0.194. The standard InChI is InChI=1S/C23H23N3.2ClH.Fe/c1-16-8-17(2)11-22(10-16)24-14-20-6-5-7-21(26-20)15-25-23-12-18(3)9-19(4)13-23;;;/h5-15H,1-4H3;2*1H;/q;;;+2/p-2. The second kappa shape index (κ2) is 11.9. The summed E-state index contributed by atoms with van der Waals surface area (Å²) in [4.78, 5) is 13.7. The van der Waals surface area contributed by atoms with Crippen molar-refractivity contribution in [3.8, 4) is 0 Å². The molecule has 0 unspecified atom stereocenters. The van der Waals surface area contributed by atoms with Crippen LogP contribution in [0, 0.1) is 27.7 Å². The van der Waals surface area contributed by atoms with Gasteiger partial charge in [-0.25, -0.2) is 4.98 Å². The van der Waals surface area contributed by atoms with Crippen molar-refractivity contribution >= 4 is 44.0 Å². The number of aromatic nitrogens is 1. The SMILES string of the molecule is Cc1cc(C)cc(N=Cc2cccc(C=Nc3cc(C)cc(C)c3)n2)c1.[Cl][Fe][Cl]. The molecule has 0 spiro atoms. The normalized spacial score (nSPS) is 11.1. The molecule has 152 valence electrons. The Labute approximate surface area is 187 Å². The molecule has 0 aliphatic heterocycles. The van der Waals surface area contributed by atoms with Crippen LogP contribution in [-0.2, 0) is 13.1 Å². The molecule has 3 rings (SSSR count). The summed E-state index contributed by atoms with van der Waals surface area (Å²) in [5, 5.41) is 0. The number of benzene rings is 2. The molecule has 0 fully saturated rings. The zero-order valence-electron chi connectivity index (χ0n) is 16.8. The zero-order chi connectivity index (χ0) is 21.2. The van der Waals surface area contributed by atoms with E-state index in [1.807, 2.05) is 18.2 Å². The van der Waals surface area contributed by atoms with E-state index in [1.165, 1.54) is 22.3 Å². The first-order valence-electron chi connectivity index (χ1n) is 8.96. The molecule has 0 aliphatic carbocycles. The summed E-state index contributed by atoms with van der Waals surface area (Å²) in [5.74, 6) is 0. The first-order valence-corrected chi connectivity index (χ1v) is 12.0. The van der Waals surface area contributed by atoms with Crippen LogP contribution in [0.5, 0.6) is 0 Å². The van der Waals surface area contributed by atoms with Crippen molar-refractivity contribution in [2.75, 3.05) is 0 Å². The van der Waals surface area contributed by atoms with Gasteiger partial charge in [0.25, 0.3) is 0 Å². The van der Waals surface area contributed by atoms with Crippen LogP contribution >= 0.6 is 20.2 Å². The van der Waals surface area contributed by atoms with Crippen molar-refractivity contribution in [1.82, 2.24) is 4.98 Å². The van der Waals surface area contributed by atoms with Crippen molar-refractivity contribution in [3.05, 3.63) is 88.2 Å². The molecule has 0 N–H and O–H groups in total. The van der Waals surface area contributed by atoms with Gasteiger partial charge in [-0.1, -0.05) is 18.2 Å². The van der Waals surface area contributed by atoms with Gasteiger partial charge >= 0.3 is 33.3 Å². The summed E-state index contributed by atoms with van der Waals surface area (Å²) in [7, 11) is 9.53. The number of aryl methyl sites for hydroxylation is 4. The van der Waals surface area contributed by atoms with E-state index >= 15 is 0 Å². The van der Waals surface area contributed by atoms with Crippen LogP contribution < -0.4 is 0 Å². The molecule has 0 bridgehead atoms. The van der Waals surface area contributed by atoms with Gasteiger partial charge in [0.1, 0.15) is 0 Å². The molecule has 1 heterocycles. The van der Waals surface area contributed by atoms with E-state index < -0.39 is 0 Å². The Bertz CT molecular complexity index is 900. The van der Waals surface area contributed by atoms with Gasteiger partial charge in [-0.05, 0) is 86.3 Å². The Morgan fingerprint density at radius 2 is 1.03 bits per heavy atom. The van der Waals surface area contributed by atoms with Gasteiger partial charge in [-0.2, -0.15) is 0 Å². The van der Waals surface area contributed by atoms with E-state index in [0.717, 1.165) is 22.8 Å². The number of rotatable bonds is 4. The monoisotopic (exact) mass is 467 g/mol. The number of hydrogen-bond donors (Lipinski definition) is 0. The van der Waals surface area contributed by atoms with E-state index in [-0.39, 0.29) is 13.1 Å². The van der Waals surface area contributed by atoms with Crippen LogP contribution in [0.1, 0.15) is 33.6 Å². The van der Waals surface area contributed by atoms with Gasteiger partial charge in [0.05, 0.1) is 35.2 Å². The summed E-state index contributed by atoms with van der Waals surface area (Å²) in [6, 6.07) is 18.4. The molecule has 0 amide bonds.